The Morgan fingerprint density at radius 1 is 1.26 bits per heavy atom. The van der Waals surface area contributed by atoms with Crippen LogP contribution in [0.5, 0.6) is 5.75 Å². The van der Waals surface area contributed by atoms with Crippen LogP contribution in [-0.2, 0) is 4.74 Å². The van der Waals surface area contributed by atoms with E-state index in [2.05, 4.69) is 4.98 Å². The van der Waals surface area contributed by atoms with E-state index in [0.29, 0.717) is 6.61 Å². The third-order valence-electron chi connectivity index (χ3n) is 4.62. The predicted octanol–water partition coefficient (Wildman–Crippen LogP) is 2.15. The summed E-state index contributed by atoms with van der Waals surface area (Å²) in [5.74, 6) is 0.853. The normalized spacial score (nSPS) is 26.4. The summed E-state index contributed by atoms with van der Waals surface area (Å²) >= 11 is 0. The van der Waals surface area contributed by atoms with Crippen molar-refractivity contribution in [2.24, 2.45) is 0 Å². The lowest BCUT2D eigenvalue weighted by Crippen LogP contribution is -2.49. The molecule has 6 nitrogen and oxygen atoms in total. The van der Waals surface area contributed by atoms with Gasteiger partial charge in [0.15, 0.2) is 0 Å². The first-order valence-electron chi connectivity index (χ1n) is 8.30. The number of nitrogens with zero attached hydrogens (tertiary/aromatic N) is 3. The highest BCUT2D eigenvalue weighted by molar-refractivity contribution is 5.69. The van der Waals surface area contributed by atoms with E-state index in [-0.39, 0.29) is 24.3 Å². The highest BCUT2D eigenvalue weighted by Crippen LogP contribution is 2.37. The van der Waals surface area contributed by atoms with Crippen LogP contribution in [0.4, 0.5) is 4.79 Å². The molecule has 0 aromatic carbocycles. The van der Waals surface area contributed by atoms with Gasteiger partial charge in [0.25, 0.3) is 0 Å². The van der Waals surface area contributed by atoms with Gasteiger partial charge in [0.1, 0.15) is 18.5 Å². The smallest absolute Gasteiger partial charge is 0.410 e. The van der Waals surface area contributed by atoms with Crippen molar-refractivity contribution in [3.05, 3.63) is 24.5 Å². The Bertz CT molecular complexity index is 509. The Morgan fingerprint density at radius 2 is 1.91 bits per heavy atom. The van der Waals surface area contributed by atoms with Crippen molar-refractivity contribution in [3.63, 3.8) is 0 Å². The Kier molecular flexibility index (Phi) is 5.00. The van der Waals surface area contributed by atoms with Crippen LogP contribution >= 0.6 is 0 Å². The standard InChI is InChI=1S/C17H25N3O3/c1-19(2)9-10-22-17(21)20-13-3-4-14(20)12-16(11-13)23-15-5-7-18-8-6-15/h5-8,13-14,16H,3-4,9-12H2,1-2H3. The molecule has 6 heteroatoms. The van der Waals surface area contributed by atoms with Gasteiger partial charge in [-0.3, -0.25) is 4.98 Å². The number of carbonyl (C=O) groups excluding carboxylic acids is 1. The zero-order chi connectivity index (χ0) is 16.2. The lowest BCUT2D eigenvalue weighted by Gasteiger charge is -2.38. The molecule has 23 heavy (non-hydrogen) atoms. The van der Waals surface area contributed by atoms with E-state index in [9.17, 15) is 4.79 Å². The van der Waals surface area contributed by atoms with Gasteiger partial charge < -0.3 is 19.3 Å². The highest BCUT2D eigenvalue weighted by atomic mass is 16.6. The molecule has 2 bridgehead atoms. The first-order valence-corrected chi connectivity index (χ1v) is 8.30. The molecule has 0 N–H and O–H groups in total. The molecule has 1 aromatic heterocycles. The third kappa shape index (κ3) is 3.93. The molecule has 0 radical (unpaired) electrons. The fraction of sp³-hybridized carbons (Fsp3) is 0.647. The average molecular weight is 319 g/mol. The van der Waals surface area contributed by atoms with Crippen LogP contribution in [0.1, 0.15) is 25.7 Å². The van der Waals surface area contributed by atoms with Crippen LogP contribution in [0.15, 0.2) is 24.5 Å². The molecule has 0 saturated carbocycles. The predicted molar refractivity (Wildman–Crippen MR) is 86.4 cm³/mol. The van der Waals surface area contributed by atoms with E-state index in [1.807, 2.05) is 36.0 Å². The summed E-state index contributed by atoms with van der Waals surface area (Å²) in [5.41, 5.74) is 0. The van der Waals surface area contributed by atoms with E-state index in [1.165, 1.54) is 0 Å². The van der Waals surface area contributed by atoms with Crippen molar-refractivity contribution < 1.29 is 14.3 Å². The van der Waals surface area contributed by atoms with Crippen LogP contribution in [0, 0.1) is 0 Å². The first kappa shape index (κ1) is 16.1. The maximum atomic E-state index is 12.3. The number of likely N-dealkylation sites (N-methyl/N-ethyl adjacent to an activating group) is 1. The maximum absolute atomic E-state index is 12.3. The zero-order valence-electron chi connectivity index (χ0n) is 13.9. The van der Waals surface area contributed by atoms with Gasteiger partial charge in [-0.05, 0) is 39.1 Å². The topological polar surface area (TPSA) is 54.9 Å². The molecule has 2 aliphatic heterocycles. The molecule has 1 amide bonds. The zero-order valence-corrected chi connectivity index (χ0v) is 13.9. The number of carbonyl (C=O) groups is 1. The van der Waals surface area contributed by atoms with Gasteiger partial charge in [-0.2, -0.15) is 0 Å². The van der Waals surface area contributed by atoms with E-state index >= 15 is 0 Å². The summed E-state index contributed by atoms with van der Waals surface area (Å²) in [6.07, 6.45) is 7.32. The molecule has 3 rings (SSSR count). The van der Waals surface area contributed by atoms with Gasteiger partial charge in [-0.25, -0.2) is 4.79 Å². The Labute approximate surface area is 137 Å². The fourth-order valence-electron chi connectivity index (χ4n) is 3.52. The molecule has 2 saturated heterocycles. The first-order chi connectivity index (χ1) is 11.1. The number of aromatic nitrogens is 1. The van der Waals surface area contributed by atoms with Crippen molar-refractivity contribution in [2.45, 2.75) is 43.9 Å². The molecule has 2 aliphatic rings. The third-order valence-corrected chi connectivity index (χ3v) is 4.62. The molecule has 0 aliphatic carbocycles. The second-order valence-corrected chi connectivity index (χ2v) is 6.60. The molecular weight excluding hydrogens is 294 g/mol. The van der Waals surface area contributed by atoms with Crippen LogP contribution in [0.2, 0.25) is 0 Å². The number of hydrogen-bond acceptors (Lipinski definition) is 5. The molecule has 2 fully saturated rings. The quantitative estimate of drug-likeness (QED) is 0.832. The number of ether oxygens (including phenoxy) is 2. The summed E-state index contributed by atoms with van der Waals surface area (Å²) in [7, 11) is 3.94. The van der Waals surface area contributed by atoms with Crippen molar-refractivity contribution in [1.82, 2.24) is 14.8 Å². The molecule has 0 spiro atoms. The van der Waals surface area contributed by atoms with Gasteiger partial charge in [0.05, 0.1) is 0 Å². The number of rotatable bonds is 5. The van der Waals surface area contributed by atoms with Gasteiger partial charge in [0, 0.05) is 43.9 Å². The highest BCUT2D eigenvalue weighted by Gasteiger charge is 2.44. The number of fused-ring (bicyclic) bond motifs is 2. The van der Waals surface area contributed by atoms with Gasteiger partial charge >= 0.3 is 6.09 Å². The molecule has 126 valence electrons. The summed E-state index contributed by atoms with van der Waals surface area (Å²) in [6.45, 7) is 1.20. The largest absolute Gasteiger partial charge is 0.490 e. The molecule has 2 atom stereocenters. The lowest BCUT2D eigenvalue weighted by atomic mass is 10.0. The number of piperidine rings is 1. The van der Waals surface area contributed by atoms with E-state index in [0.717, 1.165) is 38.0 Å². The SMILES string of the molecule is CN(C)CCOC(=O)N1C2CCC1CC(Oc1ccncc1)C2. The van der Waals surface area contributed by atoms with Crippen molar-refractivity contribution in [3.8, 4) is 5.75 Å². The van der Waals surface area contributed by atoms with Crippen molar-refractivity contribution >= 4 is 6.09 Å². The van der Waals surface area contributed by atoms with Crippen molar-refractivity contribution in [1.29, 1.82) is 0 Å². The second-order valence-electron chi connectivity index (χ2n) is 6.60. The second kappa shape index (κ2) is 7.17. The summed E-state index contributed by atoms with van der Waals surface area (Å²) < 4.78 is 11.5. The maximum Gasteiger partial charge on any atom is 0.410 e. The monoisotopic (exact) mass is 319 g/mol. The molecular formula is C17H25N3O3. The van der Waals surface area contributed by atoms with Crippen LogP contribution in [-0.4, -0.2) is 66.3 Å². The summed E-state index contributed by atoms with van der Waals surface area (Å²) in [6, 6.07) is 4.24. The van der Waals surface area contributed by atoms with Gasteiger partial charge in [0.2, 0.25) is 0 Å². The van der Waals surface area contributed by atoms with Gasteiger partial charge in [-0.1, -0.05) is 0 Å². The number of hydrogen-bond donors (Lipinski definition) is 0. The van der Waals surface area contributed by atoms with E-state index in [1.54, 1.807) is 12.4 Å². The van der Waals surface area contributed by atoms with Crippen LogP contribution in [0.25, 0.3) is 0 Å². The van der Waals surface area contributed by atoms with Crippen molar-refractivity contribution in [2.75, 3.05) is 27.2 Å². The Hall–Kier alpha value is -1.82. The number of pyridine rings is 1. The Morgan fingerprint density at radius 3 is 2.52 bits per heavy atom. The molecule has 2 unspecified atom stereocenters. The Balaban J connectivity index is 1.53. The molecule has 1 aromatic rings. The minimum atomic E-state index is -0.165. The summed E-state index contributed by atoms with van der Waals surface area (Å²) in [5, 5.41) is 0. The van der Waals surface area contributed by atoms with E-state index in [4.69, 9.17) is 9.47 Å². The van der Waals surface area contributed by atoms with E-state index < -0.39 is 0 Å². The fourth-order valence-corrected chi connectivity index (χ4v) is 3.52. The average Bonchev–Trinajstić information content (AvgIpc) is 2.79. The number of amides is 1. The van der Waals surface area contributed by atoms with Crippen LogP contribution < -0.4 is 4.74 Å². The minimum Gasteiger partial charge on any atom is -0.490 e. The van der Waals surface area contributed by atoms with Gasteiger partial charge in [-0.15, -0.1) is 0 Å². The summed E-state index contributed by atoms with van der Waals surface area (Å²) in [4.78, 5) is 20.3. The molecule has 3 heterocycles. The lowest BCUT2D eigenvalue weighted by molar-refractivity contribution is 0.0315. The minimum absolute atomic E-state index is 0.165. The van der Waals surface area contributed by atoms with Crippen LogP contribution in [0.3, 0.4) is 0 Å².